The van der Waals surface area contributed by atoms with Crippen molar-refractivity contribution >= 4 is 11.7 Å². The second-order valence-electron chi connectivity index (χ2n) is 5.91. The molecule has 1 unspecified atom stereocenters. The zero-order valence-corrected chi connectivity index (χ0v) is 13.5. The molecule has 0 heterocycles. The fourth-order valence-corrected chi connectivity index (χ4v) is 2.64. The number of carbonyl (C=O) groups is 1. The number of hydrogen-bond donors (Lipinski definition) is 2. The summed E-state index contributed by atoms with van der Waals surface area (Å²) >= 11 is 0. The standard InChI is InChI=1S/C18H17F3N2O2/c1-25-12-6-4-11(5-7-12)17(10-2-3-10)23-18(24)22-14-9-8-13(19)15(20)16(14)21/h4-10,17H,2-3H2,1H3,(H2,22,23,24). The van der Waals surface area contributed by atoms with Crippen LogP contribution in [-0.4, -0.2) is 13.1 Å². The van der Waals surface area contributed by atoms with E-state index in [-0.39, 0.29) is 12.0 Å². The second-order valence-corrected chi connectivity index (χ2v) is 5.91. The summed E-state index contributed by atoms with van der Waals surface area (Å²) in [6.07, 6.45) is 1.94. The van der Waals surface area contributed by atoms with Crippen molar-refractivity contribution in [1.29, 1.82) is 0 Å². The summed E-state index contributed by atoms with van der Waals surface area (Å²) in [5.74, 6) is -3.37. The maximum absolute atomic E-state index is 13.7. The van der Waals surface area contributed by atoms with Crippen molar-refractivity contribution in [3.63, 3.8) is 0 Å². The molecule has 4 nitrogen and oxygen atoms in total. The minimum Gasteiger partial charge on any atom is -0.497 e. The van der Waals surface area contributed by atoms with Gasteiger partial charge in [-0.2, -0.15) is 0 Å². The molecule has 0 radical (unpaired) electrons. The van der Waals surface area contributed by atoms with Gasteiger partial charge in [0.25, 0.3) is 0 Å². The number of urea groups is 1. The molecule has 132 valence electrons. The Bertz CT molecular complexity index is 777. The Morgan fingerprint density at radius 3 is 2.36 bits per heavy atom. The molecule has 0 bridgehead atoms. The highest BCUT2D eigenvalue weighted by molar-refractivity contribution is 5.89. The number of anilines is 1. The van der Waals surface area contributed by atoms with Gasteiger partial charge in [0, 0.05) is 0 Å². The van der Waals surface area contributed by atoms with Gasteiger partial charge in [-0.05, 0) is 48.6 Å². The van der Waals surface area contributed by atoms with Gasteiger partial charge in [-0.25, -0.2) is 18.0 Å². The van der Waals surface area contributed by atoms with Gasteiger partial charge in [-0.1, -0.05) is 12.1 Å². The summed E-state index contributed by atoms with van der Waals surface area (Å²) in [6, 6.07) is 8.08. The van der Waals surface area contributed by atoms with Crippen LogP contribution in [0.4, 0.5) is 23.7 Å². The van der Waals surface area contributed by atoms with E-state index in [1.807, 2.05) is 12.1 Å². The van der Waals surface area contributed by atoms with Crippen molar-refractivity contribution in [2.75, 3.05) is 12.4 Å². The monoisotopic (exact) mass is 350 g/mol. The minimum absolute atomic E-state index is 0.251. The third-order valence-corrected chi connectivity index (χ3v) is 4.14. The molecular formula is C18H17F3N2O2. The van der Waals surface area contributed by atoms with Crippen molar-refractivity contribution < 1.29 is 22.7 Å². The fourth-order valence-electron chi connectivity index (χ4n) is 2.64. The Kier molecular flexibility index (Phi) is 4.83. The van der Waals surface area contributed by atoms with Crippen molar-refractivity contribution in [2.45, 2.75) is 18.9 Å². The molecule has 0 aromatic heterocycles. The molecule has 2 aromatic carbocycles. The molecule has 3 rings (SSSR count). The molecule has 2 aromatic rings. The van der Waals surface area contributed by atoms with Crippen molar-refractivity contribution in [1.82, 2.24) is 5.32 Å². The van der Waals surface area contributed by atoms with E-state index in [4.69, 9.17) is 4.74 Å². The van der Waals surface area contributed by atoms with E-state index in [1.165, 1.54) is 0 Å². The first-order valence-corrected chi connectivity index (χ1v) is 7.84. The highest BCUT2D eigenvalue weighted by Gasteiger charge is 2.33. The van der Waals surface area contributed by atoms with E-state index in [2.05, 4.69) is 10.6 Å². The lowest BCUT2D eigenvalue weighted by Crippen LogP contribution is -2.34. The molecule has 0 aliphatic heterocycles. The van der Waals surface area contributed by atoms with Crippen molar-refractivity contribution in [2.24, 2.45) is 5.92 Å². The topological polar surface area (TPSA) is 50.4 Å². The number of amides is 2. The second kappa shape index (κ2) is 7.04. The Labute approximate surface area is 143 Å². The summed E-state index contributed by atoms with van der Waals surface area (Å²) < 4.78 is 45.0. The summed E-state index contributed by atoms with van der Waals surface area (Å²) in [5, 5.41) is 5.00. The number of halogens is 3. The maximum atomic E-state index is 13.7. The lowest BCUT2D eigenvalue weighted by Gasteiger charge is -2.19. The Morgan fingerprint density at radius 2 is 1.76 bits per heavy atom. The van der Waals surface area contributed by atoms with Crippen LogP contribution in [0.2, 0.25) is 0 Å². The SMILES string of the molecule is COc1ccc(C(NC(=O)Nc2ccc(F)c(F)c2F)C2CC2)cc1. The van der Waals surface area contributed by atoms with Crippen LogP contribution >= 0.6 is 0 Å². The number of benzene rings is 2. The molecule has 25 heavy (non-hydrogen) atoms. The van der Waals surface area contributed by atoms with Gasteiger partial charge in [0.15, 0.2) is 17.5 Å². The summed E-state index contributed by atoms with van der Waals surface area (Å²) in [4.78, 5) is 12.2. The Balaban J connectivity index is 1.72. The average Bonchev–Trinajstić information content (AvgIpc) is 3.45. The molecule has 2 N–H and O–H groups in total. The fraction of sp³-hybridized carbons (Fsp3) is 0.278. The average molecular weight is 350 g/mol. The van der Waals surface area contributed by atoms with Crippen LogP contribution in [0.5, 0.6) is 5.75 Å². The van der Waals surface area contributed by atoms with E-state index in [0.29, 0.717) is 5.75 Å². The molecule has 1 fully saturated rings. The third-order valence-electron chi connectivity index (χ3n) is 4.14. The zero-order chi connectivity index (χ0) is 18.0. The van der Waals surface area contributed by atoms with Crippen LogP contribution in [0.25, 0.3) is 0 Å². The number of rotatable bonds is 5. The molecule has 1 aliphatic carbocycles. The van der Waals surface area contributed by atoms with Crippen LogP contribution in [0.3, 0.4) is 0 Å². The number of nitrogens with one attached hydrogen (secondary N) is 2. The minimum atomic E-state index is -1.62. The predicted molar refractivity (Wildman–Crippen MR) is 86.9 cm³/mol. The van der Waals surface area contributed by atoms with E-state index in [1.54, 1.807) is 19.2 Å². The molecule has 2 amide bonds. The van der Waals surface area contributed by atoms with Crippen LogP contribution in [0.15, 0.2) is 36.4 Å². The number of carbonyl (C=O) groups excluding carboxylic acids is 1. The summed E-state index contributed by atoms with van der Waals surface area (Å²) in [5.41, 5.74) is 0.477. The van der Waals surface area contributed by atoms with E-state index < -0.39 is 29.2 Å². The highest BCUT2D eigenvalue weighted by atomic mass is 19.2. The third kappa shape index (κ3) is 3.87. The first kappa shape index (κ1) is 17.1. The van der Waals surface area contributed by atoms with Crippen molar-refractivity contribution in [3.8, 4) is 5.75 Å². The highest BCUT2D eigenvalue weighted by Crippen LogP contribution is 2.41. The van der Waals surface area contributed by atoms with Crippen LogP contribution in [0, 0.1) is 23.4 Å². The van der Waals surface area contributed by atoms with E-state index in [9.17, 15) is 18.0 Å². The summed E-state index contributed by atoms with van der Waals surface area (Å²) in [6.45, 7) is 0. The lowest BCUT2D eigenvalue weighted by molar-refractivity contribution is 0.247. The molecule has 0 spiro atoms. The van der Waals surface area contributed by atoms with E-state index in [0.717, 1.165) is 30.5 Å². The smallest absolute Gasteiger partial charge is 0.319 e. The molecule has 7 heteroatoms. The normalized spacial score (nSPS) is 14.7. The van der Waals surface area contributed by atoms with Gasteiger partial charge >= 0.3 is 6.03 Å². The van der Waals surface area contributed by atoms with E-state index >= 15 is 0 Å². The van der Waals surface area contributed by atoms with Gasteiger partial charge in [0.1, 0.15) is 5.75 Å². The number of methoxy groups -OCH3 is 1. The summed E-state index contributed by atoms with van der Waals surface area (Å²) in [7, 11) is 1.56. The number of ether oxygens (including phenoxy) is 1. The predicted octanol–water partition coefficient (Wildman–Crippen LogP) is 4.39. The van der Waals surface area contributed by atoms with Gasteiger partial charge in [-0.15, -0.1) is 0 Å². The lowest BCUT2D eigenvalue weighted by atomic mass is 10.0. The zero-order valence-electron chi connectivity index (χ0n) is 13.5. The molecule has 1 atom stereocenters. The van der Waals surface area contributed by atoms with Crippen LogP contribution in [0.1, 0.15) is 24.4 Å². The Morgan fingerprint density at radius 1 is 1.08 bits per heavy atom. The quantitative estimate of drug-likeness (QED) is 0.786. The van der Waals surface area contributed by atoms with Crippen molar-refractivity contribution in [3.05, 3.63) is 59.4 Å². The van der Waals surface area contributed by atoms with Crippen LogP contribution < -0.4 is 15.4 Å². The van der Waals surface area contributed by atoms with Crippen LogP contribution in [-0.2, 0) is 0 Å². The van der Waals surface area contributed by atoms with Gasteiger partial charge in [0.05, 0.1) is 18.8 Å². The first-order valence-electron chi connectivity index (χ1n) is 7.84. The van der Waals surface area contributed by atoms with Gasteiger partial charge < -0.3 is 15.4 Å². The molecule has 0 saturated heterocycles. The maximum Gasteiger partial charge on any atom is 0.319 e. The largest absolute Gasteiger partial charge is 0.497 e. The molecule has 1 aliphatic rings. The first-order chi connectivity index (χ1) is 12.0. The molecular weight excluding hydrogens is 333 g/mol. The van der Waals surface area contributed by atoms with Gasteiger partial charge in [0.2, 0.25) is 0 Å². The molecule has 1 saturated carbocycles. The van der Waals surface area contributed by atoms with Gasteiger partial charge in [-0.3, -0.25) is 0 Å². The Hall–Kier alpha value is -2.70. The number of hydrogen-bond acceptors (Lipinski definition) is 2.